The molecule has 1 amide bonds. The van der Waals surface area contributed by atoms with Crippen molar-refractivity contribution in [2.24, 2.45) is 0 Å². The smallest absolute Gasteiger partial charge is 0.340 e. The second-order valence-electron chi connectivity index (χ2n) is 6.91. The van der Waals surface area contributed by atoms with Crippen molar-refractivity contribution in [3.63, 3.8) is 0 Å². The summed E-state index contributed by atoms with van der Waals surface area (Å²) in [5.41, 5.74) is 5.27. The van der Waals surface area contributed by atoms with E-state index >= 15 is 0 Å². The molecule has 2 rings (SSSR count). The largest absolute Gasteiger partial charge is 0.452 e. The van der Waals surface area contributed by atoms with Crippen molar-refractivity contribution in [1.82, 2.24) is 9.55 Å². The van der Waals surface area contributed by atoms with Crippen LogP contribution in [0.15, 0.2) is 33.9 Å². The highest BCUT2D eigenvalue weighted by Gasteiger charge is 2.25. The molecule has 0 aliphatic carbocycles. The number of ether oxygens (including phenoxy) is 2. The summed E-state index contributed by atoms with van der Waals surface area (Å²) in [4.78, 5) is 53.4. The molecule has 0 aliphatic rings. The zero-order chi connectivity index (χ0) is 23.7. The molecule has 0 atom stereocenters. The average Bonchev–Trinajstić information content (AvgIpc) is 2.79. The summed E-state index contributed by atoms with van der Waals surface area (Å²) in [5.74, 6) is -1.52. The third kappa shape index (κ3) is 5.76. The maximum Gasteiger partial charge on any atom is 0.340 e. The van der Waals surface area contributed by atoms with E-state index in [4.69, 9.17) is 15.2 Å². The molecule has 0 bridgehead atoms. The Morgan fingerprint density at radius 1 is 1.25 bits per heavy atom. The van der Waals surface area contributed by atoms with E-state index in [9.17, 15) is 19.2 Å². The fraction of sp³-hybridized carbons (Fsp3) is 0.429. The molecule has 4 N–H and O–H groups in total. The summed E-state index contributed by atoms with van der Waals surface area (Å²) in [7, 11) is 3.10. The van der Waals surface area contributed by atoms with E-state index in [1.807, 2.05) is 6.92 Å². The van der Waals surface area contributed by atoms with Crippen LogP contribution in [0.4, 0.5) is 17.2 Å². The van der Waals surface area contributed by atoms with E-state index in [0.717, 1.165) is 11.3 Å². The van der Waals surface area contributed by atoms with Crippen molar-refractivity contribution in [2.75, 3.05) is 49.9 Å². The van der Waals surface area contributed by atoms with Gasteiger partial charge in [-0.05, 0) is 18.6 Å². The van der Waals surface area contributed by atoms with Gasteiger partial charge in [0.2, 0.25) is 0 Å². The van der Waals surface area contributed by atoms with Gasteiger partial charge < -0.3 is 20.5 Å². The number of hydrogen-bond donors (Lipinski definition) is 3. The van der Waals surface area contributed by atoms with Crippen LogP contribution >= 0.6 is 0 Å². The zero-order valence-electron chi connectivity index (χ0n) is 18.5. The van der Waals surface area contributed by atoms with Crippen molar-refractivity contribution in [2.45, 2.75) is 26.3 Å². The number of amides is 1. The minimum atomic E-state index is -0.809. The number of anilines is 3. The molecule has 0 unspecified atom stereocenters. The van der Waals surface area contributed by atoms with Crippen LogP contribution in [0.3, 0.4) is 0 Å². The molecule has 0 saturated carbocycles. The van der Waals surface area contributed by atoms with Crippen LogP contribution in [0.5, 0.6) is 0 Å². The van der Waals surface area contributed by atoms with Gasteiger partial charge in [-0.3, -0.25) is 24.0 Å². The fourth-order valence-corrected chi connectivity index (χ4v) is 3.08. The van der Waals surface area contributed by atoms with Gasteiger partial charge in [0.1, 0.15) is 5.82 Å². The highest BCUT2D eigenvalue weighted by molar-refractivity contribution is 6.00. The van der Waals surface area contributed by atoms with Crippen LogP contribution in [0.1, 0.15) is 30.1 Å². The van der Waals surface area contributed by atoms with Crippen LogP contribution in [0.25, 0.3) is 0 Å². The molecule has 0 saturated heterocycles. The standard InChI is InChI=1S/C21H29N5O6/c1-4-5-10-26-18(22)17(19(28)24-21(26)30)25(11-12-31-3)16(27)13-32-20(29)14-8-6-7-9-15(14)23-2/h6-9,23H,4-5,10-13,22H2,1-3H3,(H,24,28,30). The van der Waals surface area contributed by atoms with Gasteiger partial charge in [-0.25, -0.2) is 9.59 Å². The second kappa shape index (κ2) is 11.7. The molecular weight excluding hydrogens is 418 g/mol. The monoisotopic (exact) mass is 447 g/mol. The average molecular weight is 447 g/mol. The van der Waals surface area contributed by atoms with Gasteiger partial charge in [-0.2, -0.15) is 0 Å². The first-order chi connectivity index (χ1) is 15.3. The van der Waals surface area contributed by atoms with E-state index in [2.05, 4.69) is 10.3 Å². The summed E-state index contributed by atoms with van der Waals surface area (Å²) in [6.45, 7) is 1.66. The molecular formula is C21H29N5O6. The minimum Gasteiger partial charge on any atom is -0.452 e. The summed E-state index contributed by atoms with van der Waals surface area (Å²) in [5, 5.41) is 2.88. The van der Waals surface area contributed by atoms with E-state index in [1.54, 1.807) is 31.3 Å². The maximum absolute atomic E-state index is 12.9. The van der Waals surface area contributed by atoms with Crippen LogP contribution < -0.4 is 27.2 Å². The number of carbonyl (C=O) groups excluding carboxylic acids is 2. The van der Waals surface area contributed by atoms with Gasteiger partial charge in [0.25, 0.3) is 11.5 Å². The molecule has 2 aromatic rings. The van der Waals surface area contributed by atoms with Gasteiger partial charge in [0.15, 0.2) is 12.3 Å². The Morgan fingerprint density at radius 3 is 2.62 bits per heavy atom. The minimum absolute atomic E-state index is 0.0285. The molecule has 11 heteroatoms. The highest BCUT2D eigenvalue weighted by Crippen LogP contribution is 2.19. The van der Waals surface area contributed by atoms with Gasteiger partial charge in [0.05, 0.1) is 12.2 Å². The number of nitrogens with one attached hydrogen (secondary N) is 2. The number of unbranched alkanes of at least 4 members (excludes halogenated alkanes) is 1. The first kappa shape index (κ1) is 24.7. The predicted molar refractivity (Wildman–Crippen MR) is 121 cm³/mol. The van der Waals surface area contributed by atoms with Crippen molar-refractivity contribution in [1.29, 1.82) is 0 Å². The lowest BCUT2D eigenvalue weighted by molar-refractivity contribution is -0.121. The number of nitrogens with two attached hydrogens (primary N) is 1. The van der Waals surface area contributed by atoms with Crippen molar-refractivity contribution < 1.29 is 19.1 Å². The molecule has 32 heavy (non-hydrogen) atoms. The number of hydrogen-bond acceptors (Lipinski definition) is 8. The number of nitrogens with zero attached hydrogens (tertiary/aromatic N) is 2. The first-order valence-corrected chi connectivity index (χ1v) is 10.2. The molecule has 1 heterocycles. The Labute approximate surface area is 185 Å². The van der Waals surface area contributed by atoms with Crippen LogP contribution in [-0.4, -0.2) is 55.3 Å². The number of nitrogen functional groups attached to an aromatic ring is 1. The van der Waals surface area contributed by atoms with Gasteiger partial charge in [-0.15, -0.1) is 0 Å². The van der Waals surface area contributed by atoms with E-state index in [1.165, 1.54) is 11.7 Å². The number of rotatable bonds is 11. The van der Waals surface area contributed by atoms with Crippen molar-refractivity contribution in [3.8, 4) is 0 Å². The Kier molecular flexibility index (Phi) is 9.02. The molecule has 0 fully saturated rings. The number of para-hydroxylation sites is 1. The Morgan fingerprint density at radius 2 is 1.97 bits per heavy atom. The van der Waals surface area contributed by atoms with Crippen molar-refractivity contribution in [3.05, 3.63) is 50.7 Å². The van der Waals surface area contributed by atoms with Crippen LogP contribution in [0, 0.1) is 0 Å². The van der Waals surface area contributed by atoms with E-state index in [0.29, 0.717) is 12.1 Å². The van der Waals surface area contributed by atoms with Gasteiger partial charge in [-0.1, -0.05) is 25.5 Å². The Hall–Kier alpha value is -3.60. The number of methoxy groups -OCH3 is 1. The van der Waals surface area contributed by atoms with Crippen molar-refractivity contribution >= 4 is 29.1 Å². The maximum atomic E-state index is 12.9. The lowest BCUT2D eigenvalue weighted by Crippen LogP contribution is -2.44. The molecule has 11 nitrogen and oxygen atoms in total. The zero-order valence-corrected chi connectivity index (χ0v) is 18.5. The molecule has 1 aromatic heterocycles. The summed E-state index contributed by atoms with van der Waals surface area (Å²) in [6.07, 6.45) is 1.46. The summed E-state index contributed by atoms with van der Waals surface area (Å²) >= 11 is 0. The fourth-order valence-electron chi connectivity index (χ4n) is 3.08. The topological polar surface area (TPSA) is 149 Å². The number of H-pyrrole nitrogens is 1. The SMILES string of the molecule is CCCCn1c(N)c(N(CCOC)C(=O)COC(=O)c2ccccc2NC)c(=O)[nH]c1=O. The summed E-state index contributed by atoms with van der Waals surface area (Å²) < 4.78 is 11.4. The normalized spacial score (nSPS) is 10.6. The third-order valence-electron chi connectivity index (χ3n) is 4.78. The number of benzene rings is 1. The molecule has 174 valence electrons. The van der Waals surface area contributed by atoms with Crippen LogP contribution in [0.2, 0.25) is 0 Å². The molecule has 0 spiro atoms. The van der Waals surface area contributed by atoms with Gasteiger partial charge >= 0.3 is 11.7 Å². The quantitative estimate of drug-likeness (QED) is 0.428. The third-order valence-corrected chi connectivity index (χ3v) is 4.78. The highest BCUT2D eigenvalue weighted by atomic mass is 16.5. The molecule has 0 radical (unpaired) electrons. The predicted octanol–water partition coefficient (Wildman–Crippen LogP) is 0.797. The lowest BCUT2D eigenvalue weighted by atomic mass is 10.2. The second-order valence-corrected chi connectivity index (χ2v) is 6.91. The number of aromatic amines is 1. The lowest BCUT2D eigenvalue weighted by Gasteiger charge is -2.24. The molecule has 1 aromatic carbocycles. The van der Waals surface area contributed by atoms with E-state index < -0.39 is 29.7 Å². The number of carbonyl (C=O) groups is 2. The molecule has 0 aliphatic heterocycles. The van der Waals surface area contributed by atoms with E-state index in [-0.39, 0.29) is 36.8 Å². The van der Waals surface area contributed by atoms with Gasteiger partial charge in [0, 0.05) is 32.9 Å². The Bertz CT molecular complexity index is 1060. The number of esters is 1. The number of aromatic nitrogens is 2. The summed E-state index contributed by atoms with van der Waals surface area (Å²) in [6, 6.07) is 6.68. The Balaban J connectivity index is 2.32. The first-order valence-electron chi connectivity index (χ1n) is 10.2. The van der Waals surface area contributed by atoms with Crippen LogP contribution in [-0.2, 0) is 20.8 Å².